The quantitative estimate of drug-likeness (QED) is 0.346. The maximum absolute atomic E-state index is 4.80. The second-order valence-electron chi connectivity index (χ2n) is 6.24. The van der Waals surface area contributed by atoms with E-state index in [4.69, 9.17) is 4.99 Å². The van der Waals surface area contributed by atoms with Crippen LogP contribution in [0, 0.1) is 13.8 Å². The van der Waals surface area contributed by atoms with Gasteiger partial charge in [0.25, 0.3) is 0 Å². The Morgan fingerprint density at radius 3 is 2.46 bits per heavy atom. The molecule has 0 saturated carbocycles. The van der Waals surface area contributed by atoms with Crippen LogP contribution in [0.4, 0.5) is 0 Å². The smallest absolute Gasteiger partial charge is 0.193 e. The molecule has 0 atom stereocenters. The number of aliphatic imine (C=N–C) groups is 1. The molecule has 0 spiro atoms. The van der Waals surface area contributed by atoms with Gasteiger partial charge in [-0.15, -0.1) is 24.0 Å². The molecule has 1 aromatic carbocycles. The van der Waals surface area contributed by atoms with Crippen molar-refractivity contribution in [2.45, 2.75) is 33.7 Å². The number of nitrogens with one attached hydrogen (secondary N) is 1. The molecule has 7 heteroatoms. The number of aromatic nitrogens is 2. The third-order valence-electron chi connectivity index (χ3n) is 4.31. The Morgan fingerprint density at radius 2 is 1.92 bits per heavy atom. The Hall–Kier alpha value is -1.09. The first-order chi connectivity index (χ1) is 11.9. The van der Waals surface area contributed by atoms with Crippen molar-refractivity contribution in [3.05, 3.63) is 51.3 Å². The minimum atomic E-state index is 0. The van der Waals surface area contributed by atoms with Crippen LogP contribution in [0.25, 0.3) is 0 Å². The highest BCUT2D eigenvalue weighted by Crippen LogP contribution is 2.13. The van der Waals surface area contributed by atoms with Gasteiger partial charge in [-0.05, 0) is 50.5 Å². The number of benzene rings is 1. The van der Waals surface area contributed by atoms with E-state index in [9.17, 15) is 0 Å². The predicted octanol–water partition coefficient (Wildman–Crippen LogP) is 4.06. The Balaban J connectivity index is 0.00000338. The van der Waals surface area contributed by atoms with Crippen LogP contribution >= 0.6 is 39.9 Å². The number of rotatable bonds is 6. The number of guanidine groups is 1. The second kappa shape index (κ2) is 10.9. The van der Waals surface area contributed by atoms with Crippen LogP contribution in [0.3, 0.4) is 0 Å². The minimum absolute atomic E-state index is 0. The number of halogens is 2. The maximum atomic E-state index is 4.80. The normalized spacial score (nSPS) is 11.2. The largest absolute Gasteiger partial charge is 0.357 e. The minimum Gasteiger partial charge on any atom is -0.357 e. The van der Waals surface area contributed by atoms with Gasteiger partial charge in [0, 0.05) is 43.9 Å². The van der Waals surface area contributed by atoms with Crippen LogP contribution in [0.1, 0.15) is 29.4 Å². The van der Waals surface area contributed by atoms with E-state index >= 15 is 0 Å². The van der Waals surface area contributed by atoms with E-state index in [0.717, 1.165) is 42.2 Å². The van der Waals surface area contributed by atoms with E-state index in [0.29, 0.717) is 0 Å². The molecule has 0 radical (unpaired) electrons. The van der Waals surface area contributed by atoms with Gasteiger partial charge in [-0.1, -0.05) is 28.1 Å². The third kappa shape index (κ3) is 6.26. The van der Waals surface area contributed by atoms with E-state index < -0.39 is 0 Å². The van der Waals surface area contributed by atoms with Gasteiger partial charge in [-0.3, -0.25) is 9.67 Å². The third-order valence-corrected chi connectivity index (χ3v) is 4.84. The van der Waals surface area contributed by atoms with E-state index in [1.165, 1.54) is 16.8 Å². The van der Waals surface area contributed by atoms with Crippen LogP contribution in [0.2, 0.25) is 0 Å². The molecule has 0 aliphatic heterocycles. The summed E-state index contributed by atoms with van der Waals surface area (Å²) in [5, 5.41) is 7.86. The molecule has 144 valence electrons. The molecular weight excluding hydrogens is 505 g/mol. The molecule has 0 amide bonds. The summed E-state index contributed by atoms with van der Waals surface area (Å²) in [6.07, 6.45) is 0.909. The molecule has 2 aromatic rings. The van der Waals surface area contributed by atoms with Crippen LogP contribution in [0.15, 0.2) is 33.7 Å². The standard InChI is InChI=1S/C19H28BrN5.HI/c1-6-21-19(24(4)13-16-7-9-17(20)10-8-16)22-12-11-18-14(2)23-25(5)15(18)3;/h7-10H,6,11-13H2,1-5H3,(H,21,22);1H. The van der Waals surface area contributed by atoms with Gasteiger partial charge in [0.15, 0.2) is 5.96 Å². The Labute approximate surface area is 182 Å². The molecule has 0 aliphatic carbocycles. The van der Waals surface area contributed by atoms with Crippen molar-refractivity contribution in [1.29, 1.82) is 0 Å². The average Bonchev–Trinajstić information content (AvgIpc) is 2.82. The summed E-state index contributed by atoms with van der Waals surface area (Å²) >= 11 is 3.48. The highest BCUT2D eigenvalue weighted by atomic mass is 127. The summed E-state index contributed by atoms with van der Waals surface area (Å²) in [5.74, 6) is 0.935. The number of nitrogens with zero attached hydrogens (tertiary/aromatic N) is 4. The molecular formula is C19H29BrIN5. The zero-order valence-corrected chi connectivity index (χ0v) is 20.1. The number of hydrogen-bond donors (Lipinski definition) is 1. The zero-order valence-electron chi connectivity index (χ0n) is 16.2. The van der Waals surface area contributed by atoms with Crippen LogP contribution < -0.4 is 5.32 Å². The SMILES string of the molecule is CCNC(=NCCc1c(C)nn(C)c1C)N(C)Cc1ccc(Br)cc1.I. The monoisotopic (exact) mass is 533 g/mol. The fourth-order valence-corrected chi connectivity index (χ4v) is 3.13. The molecule has 0 unspecified atom stereocenters. The lowest BCUT2D eigenvalue weighted by molar-refractivity contribution is 0.477. The van der Waals surface area contributed by atoms with Gasteiger partial charge in [0.2, 0.25) is 0 Å². The van der Waals surface area contributed by atoms with Gasteiger partial charge >= 0.3 is 0 Å². The fourth-order valence-electron chi connectivity index (χ4n) is 2.86. The molecule has 0 bridgehead atoms. The van der Waals surface area contributed by atoms with Crippen LogP contribution in [0.5, 0.6) is 0 Å². The topological polar surface area (TPSA) is 45.5 Å². The highest BCUT2D eigenvalue weighted by Gasteiger charge is 2.10. The van der Waals surface area contributed by atoms with Crippen LogP contribution in [-0.4, -0.2) is 40.8 Å². The van der Waals surface area contributed by atoms with Gasteiger partial charge in [-0.2, -0.15) is 5.10 Å². The summed E-state index contributed by atoms with van der Waals surface area (Å²) in [6.45, 7) is 8.71. The summed E-state index contributed by atoms with van der Waals surface area (Å²) < 4.78 is 3.04. The van der Waals surface area contributed by atoms with Crippen molar-refractivity contribution in [2.75, 3.05) is 20.1 Å². The fraction of sp³-hybridized carbons (Fsp3) is 0.474. The first kappa shape index (κ1) is 23.0. The highest BCUT2D eigenvalue weighted by molar-refractivity contribution is 14.0. The van der Waals surface area contributed by atoms with Crippen LogP contribution in [-0.2, 0) is 20.0 Å². The molecule has 26 heavy (non-hydrogen) atoms. The maximum Gasteiger partial charge on any atom is 0.193 e. The molecule has 1 heterocycles. The molecule has 0 fully saturated rings. The first-order valence-corrected chi connectivity index (χ1v) is 9.44. The summed E-state index contributed by atoms with van der Waals surface area (Å²) in [6, 6.07) is 8.40. The summed E-state index contributed by atoms with van der Waals surface area (Å²) in [5.41, 5.74) is 4.89. The van der Waals surface area contributed by atoms with Crippen molar-refractivity contribution in [1.82, 2.24) is 20.0 Å². The number of hydrogen-bond acceptors (Lipinski definition) is 2. The van der Waals surface area contributed by atoms with E-state index in [1.807, 2.05) is 11.7 Å². The van der Waals surface area contributed by atoms with Gasteiger partial charge in [0.1, 0.15) is 0 Å². The number of aryl methyl sites for hydroxylation is 2. The Morgan fingerprint density at radius 1 is 1.27 bits per heavy atom. The van der Waals surface area contributed by atoms with Gasteiger partial charge < -0.3 is 10.2 Å². The molecule has 0 saturated heterocycles. The Bertz CT molecular complexity index is 724. The Kier molecular flexibility index (Phi) is 9.63. The van der Waals surface area contributed by atoms with Crippen molar-refractivity contribution in [3.8, 4) is 0 Å². The van der Waals surface area contributed by atoms with Gasteiger partial charge in [-0.25, -0.2) is 0 Å². The predicted molar refractivity (Wildman–Crippen MR) is 123 cm³/mol. The zero-order chi connectivity index (χ0) is 18.4. The van der Waals surface area contributed by atoms with E-state index in [-0.39, 0.29) is 24.0 Å². The van der Waals surface area contributed by atoms with Crippen molar-refractivity contribution in [3.63, 3.8) is 0 Å². The molecule has 2 rings (SSSR count). The van der Waals surface area contributed by atoms with Crippen molar-refractivity contribution in [2.24, 2.45) is 12.0 Å². The second-order valence-corrected chi connectivity index (χ2v) is 7.16. The molecule has 1 aromatic heterocycles. The summed E-state index contributed by atoms with van der Waals surface area (Å²) in [4.78, 5) is 6.96. The molecule has 1 N–H and O–H groups in total. The van der Waals surface area contributed by atoms with E-state index in [2.05, 4.69) is 83.3 Å². The van der Waals surface area contributed by atoms with Gasteiger partial charge in [0.05, 0.1) is 5.69 Å². The average molecular weight is 534 g/mol. The summed E-state index contributed by atoms with van der Waals surface area (Å²) in [7, 11) is 4.06. The lowest BCUT2D eigenvalue weighted by Gasteiger charge is -2.22. The first-order valence-electron chi connectivity index (χ1n) is 8.65. The van der Waals surface area contributed by atoms with E-state index in [1.54, 1.807) is 0 Å². The van der Waals surface area contributed by atoms with Crippen molar-refractivity contribution >= 4 is 45.9 Å². The molecule has 5 nitrogen and oxygen atoms in total. The molecule has 0 aliphatic rings. The van der Waals surface area contributed by atoms with Crippen molar-refractivity contribution < 1.29 is 0 Å². The lowest BCUT2D eigenvalue weighted by atomic mass is 10.1. The lowest BCUT2D eigenvalue weighted by Crippen LogP contribution is -2.38.